The van der Waals surface area contributed by atoms with Gasteiger partial charge in [-0.05, 0) is 17.7 Å². The number of nitrogens with one attached hydrogen (secondary N) is 1. The van der Waals surface area contributed by atoms with Crippen LogP contribution in [0.5, 0.6) is 5.75 Å². The molecule has 0 bridgehead atoms. The summed E-state index contributed by atoms with van der Waals surface area (Å²) < 4.78 is 31.2. The van der Waals surface area contributed by atoms with E-state index in [4.69, 9.17) is 10.5 Å². The van der Waals surface area contributed by atoms with E-state index in [1.54, 1.807) is 0 Å². The molecule has 4 nitrogen and oxygen atoms in total. The summed E-state index contributed by atoms with van der Waals surface area (Å²) >= 11 is 1.17. The van der Waals surface area contributed by atoms with E-state index >= 15 is 0 Å². The van der Waals surface area contributed by atoms with Crippen molar-refractivity contribution in [3.63, 3.8) is 0 Å². The Morgan fingerprint density at radius 2 is 2.10 bits per heavy atom. The molecule has 2 rings (SSSR count). The van der Waals surface area contributed by atoms with Gasteiger partial charge in [0.05, 0.1) is 17.7 Å². The second-order valence-electron chi connectivity index (χ2n) is 4.37. The van der Waals surface area contributed by atoms with Crippen LogP contribution in [0.1, 0.15) is 22.2 Å². The zero-order chi connectivity index (χ0) is 15.6. The molecule has 1 aromatic heterocycles. The summed E-state index contributed by atoms with van der Waals surface area (Å²) in [5.74, 6) is -1.57. The van der Waals surface area contributed by atoms with E-state index in [9.17, 15) is 13.6 Å². The lowest BCUT2D eigenvalue weighted by molar-refractivity contribution is 0.102. The van der Waals surface area contributed by atoms with Crippen LogP contribution in [0.25, 0.3) is 0 Å². The highest BCUT2D eigenvalue weighted by atomic mass is 32.1. The minimum atomic E-state index is -0.906. The molecule has 0 aliphatic carbocycles. The molecule has 1 heterocycles. The number of Topliss-reactive ketones (excluding diaryl/α,β-unsaturated/α-hetero) is 1. The maximum atomic E-state index is 13.1. The molecule has 1 aromatic carbocycles. The van der Waals surface area contributed by atoms with Gasteiger partial charge in [0.1, 0.15) is 5.00 Å². The minimum Gasteiger partial charge on any atom is -0.492 e. The molecule has 0 saturated carbocycles. The standard InChI is InChI=1S/C14H14F2N2O2S/c1-7(19)13-11(17)12(20-2)14(21-13)18-6-8-3-4-9(15)10(16)5-8/h3-5,18H,6,17H2,1-2H3. The lowest BCUT2D eigenvalue weighted by atomic mass is 10.2. The molecule has 21 heavy (non-hydrogen) atoms. The third-order valence-electron chi connectivity index (χ3n) is 2.86. The summed E-state index contributed by atoms with van der Waals surface area (Å²) in [4.78, 5) is 11.9. The van der Waals surface area contributed by atoms with Crippen molar-refractivity contribution in [1.29, 1.82) is 0 Å². The van der Waals surface area contributed by atoms with Gasteiger partial charge in [-0.25, -0.2) is 8.78 Å². The first kappa shape index (κ1) is 15.2. The topological polar surface area (TPSA) is 64.3 Å². The maximum Gasteiger partial charge on any atom is 0.176 e. The van der Waals surface area contributed by atoms with Crippen LogP contribution in [0.4, 0.5) is 19.5 Å². The van der Waals surface area contributed by atoms with Crippen molar-refractivity contribution in [3.8, 4) is 5.75 Å². The second kappa shape index (κ2) is 6.09. The van der Waals surface area contributed by atoms with Crippen LogP contribution < -0.4 is 15.8 Å². The predicted molar refractivity (Wildman–Crippen MR) is 79.0 cm³/mol. The average molecular weight is 312 g/mol. The van der Waals surface area contributed by atoms with Gasteiger partial charge in [0.15, 0.2) is 23.2 Å². The van der Waals surface area contributed by atoms with Crippen LogP contribution in [0.3, 0.4) is 0 Å². The summed E-state index contributed by atoms with van der Waals surface area (Å²) in [6, 6.07) is 3.64. The lowest BCUT2D eigenvalue weighted by Gasteiger charge is -2.07. The lowest BCUT2D eigenvalue weighted by Crippen LogP contribution is -2.01. The van der Waals surface area contributed by atoms with Crippen LogP contribution >= 0.6 is 11.3 Å². The molecule has 0 amide bonds. The number of carbonyl (C=O) groups is 1. The molecule has 3 N–H and O–H groups in total. The summed E-state index contributed by atoms with van der Waals surface area (Å²) in [6.45, 7) is 1.67. The first-order valence-corrected chi connectivity index (χ1v) is 6.90. The molecule has 0 unspecified atom stereocenters. The van der Waals surface area contributed by atoms with Crippen molar-refractivity contribution < 1.29 is 18.3 Å². The van der Waals surface area contributed by atoms with Crippen LogP contribution in [-0.2, 0) is 6.54 Å². The number of methoxy groups -OCH3 is 1. The highest BCUT2D eigenvalue weighted by Crippen LogP contribution is 2.42. The van der Waals surface area contributed by atoms with E-state index < -0.39 is 11.6 Å². The normalized spacial score (nSPS) is 10.5. The van der Waals surface area contributed by atoms with Crippen molar-refractivity contribution in [2.45, 2.75) is 13.5 Å². The van der Waals surface area contributed by atoms with E-state index in [1.807, 2.05) is 0 Å². The molecule has 0 aliphatic rings. The fourth-order valence-corrected chi connectivity index (χ4v) is 2.82. The van der Waals surface area contributed by atoms with E-state index in [-0.39, 0.29) is 18.0 Å². The Morgan fingerprint density at radius 1 is 1.38 bits per heavy atom. The molecule has 112 valence electrons. The number of anilines is 2. The number of hydrogen-bond acceptors (Lipinski definition) is 5. The van der Waals surface area contributed by atoms with Gasteiger partial charge >= 0.3 is 0 Å². The summed E-state index contributed by atoms with van der Waals surface area (Å²) in [7, 11) is 1.45. The van der Waals surface area contributed by atoms with E-state index in [1.165, 1.54) is 31.4 Å². The van der Waals surface area contributed by atoms with E-state index in [2.05, 4.69) is 5.32 Å². The van der Waals surface area contributed by atoms with Gasteiger partial charge in [-0.15, -0.1) is 11.3 Å². The Balaban J connectivity index is 2.21. The first-order chi connectivity index (χ1) is 9.93. The molecule has 0 radical (unpaired) electrons. The largest absolute Gasteiger partial charge is 0.492 e. The van der Waals surface area contributed by atoms with Gasteiger partial charge in [0.2, 0.25) is 0 Å². The third-order valence-corrected chi connectivity index (χ3v) is 4.11. The van der Waals surface area contributed by atoms with Crippen molar-refractivity contribution in [2.24, 2.45) is 0 Å². The molecular formula is C14H14F2N2O2S. The molecule has 2 aromatic rings. The molecule has 0 spiro atoms. The fourth-order valence-electron chi connectivity index (χ4n) is 1.84. The molecule has 0 atom stereocenters. The number of nitrogens with two attached hydrogens (primary N) is 1. The van der Waals surface area contributed by atoms with Gasteiger partial charge in [-0.3, -0.25) is 4.79 Å². The van der Waals surface area contributed by atoms with Crippen molar-refractivity contribution in [2.75, 3.05) is 18.2 Å². The fraction of sp³-hybridized carbons (Fsp3) is 0.214. The van der Waals surface area contributed by atoms with Crippen LogP contribution in [0.2, 0.25) is 0 Å². The summed E-state index contributed by atoms with van der Waals surface area (Å²) in [5, 5.41) is 3.59. The number of thiophene rings is 1. The number of benzene rings is 1. The van der Waals surface area contributed by atoms with Gasteiger partial charge in [-0.1, -0.05) is 6.07 Å². The Bertz CT molecular complexity index is 686. The summed E-state index contributed by atoms with van der Waals surface area (Å²) in [6.07, 6.45) is 0. The number of ether oxygens (including phenoxy) is 1. The van der Waals surface area contributed by atoms with Gasteiger partial charge < -0.3 is 15.8 Å². The monoisotopic (exact) mass is 312 g/mol. The number of nitrogen functional groups attached to an aromatic ring is 1. The Morgan fingerprint density at radius 3 is 2.67 bits per heavy atom. The zero-order valence-corrected chi connectivity index (χ0v) is 12.3. The van der Waals surface area contributed by atoms with E-state index in [0.29, 0.717) is 21.2 Å². The maximum absolute atomic E-state index is 13.1. The highest BCUT2D eigenvalue weighted by molar-refractivity contribution is 7.19. The van der Waals surface area contributed by atoms with Gasteiger partial charge in [0, 0.05) is 13.5 Å². The van der Waals surface area contributed by atoms with Crippen LogP contribution in [0.15, 0.2) is 18.2 Å². The number of ketones is 1. The van der Waals surface area contributed by atoms with Crippen molar-refractivity contribution in [3.05, 3.63) is 40.3 Å². The number of carbonyl (C=O) groups excluding carboxylic acids is 1. The third kappa shape index (κ3) is 3.13. The molecule has 0 saturated heterocycles. The molecule has 0 fully saturated rings. The predicted octanol–water partition coefficient (Wildman–Crippen LogP) is 3.43. The number of halogens is 2. The molecular weight excluding hydrogens is 298 g/mol. The van der Waals surface area contributed by atoms with Gasteiger partial charge in [-0.2, -0.15) is 0 Å². The first-order valence-electron chi connectivity index (χ1n) is 6.09. The van der Waals surface area contributed by atoms with Crippen molar-refractivity contribution in [1.82, 2.24) is 0 Å². The SMILES string of the molecule is COc1c(NCc2ccc(F)c(F)c2)sc(C(C)=O)c1N. The molecule has 7 heteroatoms. The Kier molecular flexibility index (Phi) is 4.42. The highest BCUT2D eigenvalue weighted by Gasteiger charge is 2.19. The van der Waals surface area contributed by atoms with Crippen molar-refractivity contribution >= 4 is 27.8 Å². The number of hydrogen-bond donors (Lipinski definition) is 2. The zero-order valence-electron chi connectivity index (χ0n) is 11.5. The molecule has 0 aliphatic heterocycles. The Hall–Kier alpha value is -2.15. The Labute approximate surface area is 124 Å². The van der Waals surface area contributed by atoms with Gasteiger partial charge in [0.25, 0.3) is 0 Å². The minimum absolute atomic E-state index is 0.156. The second-order valence-corrected chi connectivity index (χ2v) is 5.39. The smallest absolute Gasteiger partial charge is 0.176 e. The quantitative estimate of drug-likeness (QED) is 0.830. The van der Waals surface area contributed by atoms with Crippen LogP contribution in [0, 0.1) is 11.6 Å². The number of rotatable bonds is 5. The summed E-state index contributed by atoms with van der Waals surface area (Å²) in [5.41, 5.74) is 6.69. The van der Waals surface area contributed by atoms with Crippen LogP contribution in [-0.4, -0.2) is 12.9 Å². The average Bonchev–Trinajstić information content (AvgIpc) is 2.76. The van der Waals surface area contributed by atoms with E-state index in [0.717, 1.165) is 12.1 Å².